The molecule has 3 rings (SSSR count). The molecule has 0 unspecified atom stereocenters. The van der Waals surface area contributed by atoms with Gasteiger partial charge in [-0.05, 0) is 56.0 Å². The van der Waals surface area contributed by atoms with Gasteiger partial charge in [-0.25, -0.2) is 0 Å². The minimum Gasteiger partial charge on any atom is -0.481 e. The maximum atomic E-state index is 12.5. The molecule has 28 heavy (non-hydrogen) atoms. The van der Waals surface area contributed by atoms with Crippen LogP contribution < -0.4 is 5.56 Å². The van der Waals surface area contributed by atoms with Gasteiger partial charge in [0.2, 0.25) is 0 Å². The summed E-state index contributed by atoms with van der Waals surface area (Å²) in [5.41, 5.74) is 3.47. The Morgan fingerprint density at radius 3 is 2.79 bits per heavy atom. The summed E-state index contributed by atoms with van der Waals surface area (Å²) in [7, 11) is 0. The number of carboxylic acids is 1. The Kier molecular flexibility index (Phi) is 6.49. The van der Waals surface area contributed by atoms with E-state index >= 15 is 0 Å². The van der Waals surface area contributed by atoms with Crippen molar-refractivity contribution in [2.24, 2.45) is 0 Å². The molecule has 0 aliphatic heterocycles. The van der Waals surface area contributed by atoms with Crippen LogP contribution in [-0.4, -0.2) is 34.3 Å². The van der Waals surface area contributed by atoms with Crippen molar-refractivity contribution < 1.29 is 14.6 Å². The van der Waals surface area contributed by atoms with E-state index < -0.39 is 5.97 Å². The van der Waals surface area contributed by atoms with Crippen LogP contribution in [0.1, 0.15) is 29.7 Å². The maximum absolute atomic E-state index is 12.5. The summed E-state index contributed by atoms with van der Waals surface area (Å²) < 4.78 is 6.25. The van der Waals surface area contributed by atoms with Gasteiger partial charge in [-0.15, -0.1) is 11.3 Å². The van der Waals surface area contributed by atoms with Crippen molar-refractivity contribution in [3.8, 4) is 10.7 Å². The molecule has 0 radical (unpaired) electrons. The number of aromatic nitrogens is 2. The Balaban J connectivity index is 1.75. The molecule has 0 spiro atoms. The molecule has 146 valence electrons. The first-order valence-corrected chi connectivity index (χ1v) is 9.93. The lowest BCUT2D eigenvalue weighted by molar-refractivity contribution is -0.138. The number of carbonyl (C=O) groups is 1. The molecule has 7 heteroatoms. The fourth-order valence-corrected chi connectivity index (χ4v) is 4.00. The molecule has 1 aromatic carbocycles. The molecule has 0 saturated heterocycles. The summed E-state index contributed by atoms with van der Waals surface area (Å²) in [4.78, 5) is 31.8. The van der Waals surface area contributed by atoms with E-state index in [0.717, 1.165) is 27.9 Å². The molecule has 2 heterocycles. The van der Waals surface area contributed by atoms with Gasteiger partial charge in [-0.1, -0.05) is 12.1 Å². The van der Waals surface area contributed by atoms with Crippen LogP contribution in [0.15, 0.2) is 35.1 Å². The van der Waals surface area contributed by atoms with Crippen molar-refractivity contribution in [2.45, 2.75) is 33.1 Å². The molecule has 1 N–H and O–H groups in total. The smallest absolute Gasteiger partial charge is 0.305 e. The quantitative estimate of drug-likeness (QED) is 0.581. The largest absolute Gasteiger partial charge is 0.481 e. The Hall–Kier alpha value is -2.64. The van der Waals surface area contributed by atoms with Crippen LogP contribution in [0.3, 0.4) is 0 Å². The van der Waals surface area contributed by atoms with E-state index in [1.165, 1.54) is 11.3 Å². The van der Waals surface area contributed by atoms with Crippen LogP contribution in [0.5, 0.6) is 0 Å². The summed E-state index contributed by atoms with van der Waals surface area (Å²) in [6, 6.07) is 9.65. The molecular weight excluding hydrogens is 376 g/mol. The van der Waals surface area contributed by atoms with Gasteiger partial charge in [0.25, 0.3) is 5.56 Å². The van der Waals surface area contributed by atoms with Crippen LogP contribution in [0.2, 0.25) is 0 Å². The van der Waals surface area contributed by atoms with Crippen LogP contribution in [0.25, 0.3) is 20.8 Å². The first kappa shape index (κ1) is 20.1. The van der Waals surface area contributed by atoms with Gasteiger partial charge in [0.1, 0.15) is 5.01 Å². The summed E-state index contributed by atoms with van der Waals surface area (Å²) in [5, 5.41) is 9.85. The van der Waals surface area contributed by atoms with Crippen molar-refractivity contribution >= 4 is 27.4 Å². The second-order valence-corrected chi connectivity index (χ2v) is 7.66. The fraction of sp³-hybridized carbons (Fsp3) is 0.333. The van der Waals surface area contributed by atoms with E-state index in [2.05, 4.69) is 16.0 Å². The second kappa shape index (κ2) is 9.03. The number of aliphatic carboxylic acids is 1. The Morgan fingerprint density at radius 2 is 2.00 bits per heavy atom. The number of hydrogen-bond acceptors (Lipinski definition) is 6. The first-order valence-electron chi connectivity index (χ1n) is 9.12. The number of pyridine rings is 1. The molecule has 6 nitrogen and oxygen atoms in total. The molecule has 0 aliphatic rings. The van der Waals surface area contributed by atoms with Crippen LogP contribution in [0, 0.1) is 13.8 Å². The Morgan fingerprint density at radius 1 is 1.18 bits per heavy atom. The predicted molar refractivity (Wildman–Crippen MR) is 110 cm³/mol. The van der Waals surface area contributed by atoms with Gasteiger partial charge < -0.3 is 9.84 Å². The first-order chi connectivity index (χ1) is 13.4. The second-order valence-electron chi connectivity index (χ2n) is 6.66. The zero-order valence-electron chi connectivity index (χ0n) is 15.9. The minimum absolute atomic E-state index is 0.0131. The van der Waals surface area contributed by atoms with Crippen LogP contribution in [0.4, 0.5) is 0 Å². The summed E-state index contributed by atoms with van der Waals surface area (Å²) in [6.45, 7) is 4.68. The highest BCUT2D eigenvalue weighted by molar-refractivity contribution is 7.21. The van der Waals surface area contributed by atoms with Crippen LogP contribution in [-0.2, 0) is 16.0 Å². The zero-order valence-corrected chi connectivity index (χ0v) is 16.7. The number of aryl methyl sites for hydroxylation is 3. The van der Waals surface area contributed by atoms with Gasteiger partial charge in [-0.3, -0.25) is 14.6 Å². The maximum Gasteiger partial charge on any atom is 0.305 e. The molecule has 0 saturated carbocycles. The number of nitrogens with zero attached hydrogens (tertiary/aromatic N) is 2. The number of ether oxygens (including phenoxy) is 1. The highest BCUT2D eigenvalue weighted by Gasteiger charge is 2.11. The highest BCUT2D eigenvalue weighted by Crippen LogP contribution is 2.28. The molecule has 3 aromatic rings. The van der Waals surface area contributed by atoms with Crippen molar-refractivity contribution in [3.63, 3.8) is 0 Å². The molecule has 0 fully saturated rings. The van der Waals surface area contributed by atoms with E-state index in [9.17, 15) is 9.59 Å². The molecule has 0 amide bonds. The van der Waals surface area contributed by atoms with Gasteiger partial charge in [-0.2, -0.15) is 4.98 Å². The third-order valence-electron chi connectivity index (χ3n) is 4.26. The van der Waals surface area contributed by atoms with E-state index in [1.807, 2.05) is 38.1 Å². The number of carboxylic acid groups (broad SMARTS) is 1. The van der Waals surface area contributed by atoms with Gasteiger partial charge in [0.05, 0.1) is 24.1 Å². The van der Waals surface area contributed by atoms with Crippen LogP contribution >= 0.6 is 11.3 Å². The summed E-state index contributed by atoms with van der Waals surface area (Å²) >= 11 is 1.48. The van der Waals surface area contributed by atoms with Crippen molar-refractivity contribution in [3.05, 3.63) is 57.5 Å². The number of hydrogen-bond donors (Lipinski definition) is 1. The number of benzene rings is 1. The normalized spacial score (nSPS) is 11.1. The summed E-state index contributed by atoms with van der Waals surface area (Å²) in [6.07, 6.45) is 1.47. The lowest BCUT2D eigenvalue weighted by Gasteiger charge is -2.07. The van der Waals surface area contributed by atoms with Gasteiger partial charge in [0, 0.05) is 17.0 Å². The van der Waals surface area contributed by atoms with Gasteiger partial charge in [0.15, 0.2) is 0 Å². The molecular formula is C21H22N2O4S. The van der Waals surface area contributed by atoms with E-state index in [1.54, 1.807) is 0 Å². The average Bonchev–Trinajstić information content (AvgIpc) is 2.65. The third-order valence-corrected chi connectivity index (χ3v) is 5.50. The Bertz CT molecular complexity index is 1060. The van der Waals surface area contributed by atoms with Gasteiger partial charge >= 0.3 is 5.97 Å². The minimum atomic E-state index is -0.860. The lowest BCUT2D eigenvalue weighted by atomic mass is 10.1. The highest BCUT2D eigenvalue weighted by atomic mass is 32.1. The predicted octanol–water partition coefficient (Wildman–Crippen LogP) is 3.76. The SMILES string of the molecule is Cc1cc(C)c2sc(-c3cccc(CCCOCCC(=O)O)n3)nc(=O)c2c1. The van der Waals surface area contributed by atoms with Crippen molar-refractivity contribution in [1.29, 1.82) is 0 Å². The number of rotatable bonds is 8. The van der Waals surface area contributed by atoms with E-state index in [0.29, 0.717) is 29.1 Å². The fourth-order valence-electron chi connectivity index (χ4n) is 2.99. The standard InChI is InChI=1S/C21H22N2O4S/c1-13-11-14(2)19-16(12-13)20(26)23-21(28-19)17-7-3-5-15(22-17)6-4-9-27-10-8-18(24)25/h3,5,7,11-12H,4,6,8-10H2,1-2H3,(H,24,25). The molecule has 0 bridgehead atoms. The molecule has 0 atom stereocenters. The average molecular weight is 398 g/mol. The van der Waals surface area contributed by atoms with Crippen molar-refractivity contribution in [1.82, 2.24) is 9.97 Å². The lowest BCUT2D eigenvalue weighted by Crippen LogP contribution is -2.08. The summed E-state index contributed by atoms with van der Waals surface area (Å²) in [5.74, 6) is -0.860. The monoisotopic (exact) mass is 398 g/mol. The zero-order chi connectivity index (χ0) is 20.1. The topological polar surface area (TPSA) is 89.4 Å². The Labute approximate surface area is 166 Å². The molecule has 0 aliphatic carbocycles. The van der Waals surface area contributed by atoms with E-state index in [-0.39, 0.29) is 18.6 Å². The van der Waals surface area contributed by atoms with E-state index in [4.69, 9.17) is 9.84 Å². The molecule has 2 aromatic heterocycles. The third kappa shape index (κ3) is 4.99. The van der Waals surface area contributed by atoms with Crippen molar-refractivity contribution in [2.75, 3.05) is 13.2 Å². The number of fused-ring (bicyclic) bond motifs is 1.